The minimum absolute atomic E-state index is 0.0805. The monoisotopic (exact) mass is 238 g/mol. The van der Waals surface area contributed by atoms with Gasteiger partial charge in [-0.15, -0.1) is 11.3 Å². The van der Waals surface area contributed by atoms with Crippen molar-refractivity contribution in [3.8, 4) is 0 Å². The topological polar surface area (TPSA) is 38.9 Å². The van der Waals surface area contributed by atoms with Gasteiger partial charge in [0.05, 0.1) is 10.7 Å². The minimum Gasteiger partial charge on any atom is -0.323 e. The second-order valence-corrected chi connectivity index (χ2v) is 5.91. The summed E-state index contributed by atoms with van der Waals surface area (Å²) >= 11 is 1.80. The molecule has 1 atom stereocenters. The Morgan fingerprint density at radius 3 is 2.62 bits per heavy atom. The van der Waals surface area contributed by atoms with Crippen LogP contribution in [-0.4, -0.2) is 4.98 Å². The molecule has 0 amide bonds. The number of nitrogens with two attached hydrogens (primary N) is 1. The molecule has 1 aromatic heterocycles. The standard InChI is InChI=1S/C13H22N2S/c1-3-10-4-6-11(7-5-10)13-15-12(8-16-13)9(2)14/h8-11H,3-7,14H2,1-2H3. The lowest BCUT2D eigenvalue weighted by molar-refractivity contribution is 0.318. The van der Waals surface area contributed by atoms with Crippen LogP contribution in [0.1, 0.15) is 68.6 Å². The average molecular weight is 238 g/mol. The third-order valence-corrected chi connectivity index (χ3v) is 4.81. The maximum Gasteiger partial charge on any atom is 0.0959 e. The Kier molecular flexibility index (Phi) is 3.98. The van der Waals surface area contributed by atoms with Gasteiger partial charge in [-0.1, -0.05) is 13.3 Å². The van der Waals surface area contributed by atoms with Gasteiger partial charge >= 0.3 is 0 Å². The third-order valence-electron chi connectivity index (χ3n) is 3.78. The van der Waals surface area contributed by atoms with Crippen molar-refractivity contribution in [1.82, 2.24) is 4.98 Å². The summed E-state index contributed by atoms with van der Waals surface area (Å²) in [5.41, 5.74) is 6.91. The van der Waals surface area contributed by atoms with Crippen LogP contribution in [0.4, 0.5) is 0 Å². The number of thiazole rings is 1. The molecule has 1 saturated carbocycles. The molecule has 2 N–H and O–H groups in total. The highest BCUT2D eigenvalue weighted by atomic mass is 32.1. The van der Waals surface area contributed by atoms with E-state index in [0.29, 0.717) is 5.92 Å². The molecule has 0 aromatic carbocycles. The first-order valence-electron chi connectivity index (χ1n) is 6.41. The van der Waals surface area contributed by atoms with Crippen molar-refractivity contribution >= 4 is 11.3 Å². The molecule has 1 heterocycles. The Balaban J connectivity index is 1.97. The van der Waals surface area contributed by atoms with Gasteiger partial charge in [0.25, 0.3) is 0 Å². The zero-order chi connectivity index (χ0) is 11.5. The predicted molar refractivity (Wildman–Crippen MR) is 69.7 cm³/mol. The molecule has 2 rings (SSSR count). The number of hydrogen-bond donors (Lipinski definition) is 1. The average Bonchev–Trinajstić information content (AvgIpc) is 2.78. The van der Waals surface area contributed by atoms with Gasteiger partial charge in [0.1, 0.15) is 0 Å². The molecule has 1 aromatic rings. The minimum atomic E-state index is 0.0805. The Hall–Kier alpha value is -0.410. The second-order valence-electron chi connectivity index (χ2n) is 5.03. The predicted octanol–water partition coefficient (Wildman–Crippen LogP) is 3.85. The van der Waals surface area contributed by atoms with Crippen molar-refractivity contribution < 1.29 is 0 Å². The molecule has 0 aliphatic heterocycles. The van der Waals surface area contributed by atoms with E-state index >= 15 is 0 Å². The number of rotatable bonds is 3. The van der Waals surface area contributed by atoms with E-state index in [1.807, 2.05) is 6.92 Å². The Bertz CT molecular complexity index is 324. The maximum absolute atomic E-state index is 5.84. The van der Waals surface area contributed by atoms with Crippen molar-refractivity contribution in [2.45, 2.75) is 57.9 Å². The molecule has 0 radical (unpaired) electrons. The Morgan fingerprint density at radius 1 is 1.44 bits per heavy atom. The van der Waals surface area contributed by atoms with Crippen LogP contribution in [0.15, 0.2) is 5.38 Å². The van der Waals surface area contributed by atoms with Crippen molar-refractivity contribution in [3.63, 3.8) is 0 Å². The Morgan fingerprint density at radius 2 is 2.12 bits per heavy atom. The number of nitrogens with zero attached hydrogens (tertiary/aromatic N) is 1. The van der Waals surface area contributed by atoms with Gasteiger partial charge in [0.2, 0.25) is 0 Å². The Labute approximate surface area is 102 Å². The summed E-state index contributed by atoms with van der Waals surface area (Å²) in [5.74, 6) is 1.67. The largest absolute Gasteiger partial charge is 0.323 e. The number of aromatic nitrogens is 1. The van der Waals surface area contributed by atoms with Gasteiger partial charge in [0, 0.05) is 17.3 Å². The highest BCUT2D eigenvalue weighted by molar-refractivity contribution is 7.09. The van der Waals surface area contributed by atoms with Crippen LogP contribution < -0.4 is 5.73 Å². The van der Waals surface area contributed by atoms with Crippen molar-refractivity contribution in [3.05, 3.63) is 16.1 Å². The van der Waals surface area contributed by atoms with E-state index < -0.39 is 0 Å². The van der Waals surface area contributed by atoms with E-state index in [1.54, 1.807) is 11.3 Å². The van der Waals surface area contributed by atoms with Crippen LogP contribution in [0.3, 0.4) is 0 Å². The SMILES string of the molecule is CCC1CCC(c2nc(C(C)N)cs2)CC1. The third kappa shape index (κ3) is 2.64. The van der Waals surface area contributed by atoms with E-state index in [-0.39, 0.29) is 6.04 Å². The van der Waals surface area contributed by atoms with Crippen LogP contribution in [0.2, 0.25) is 0 Å². The molecular weight excluding hydrogens is 216 g/mol. The fraction of sp³-hybridized carbons (Fsp3) is 0.769. The van der Waals surface area contributed by atoms with E-state index in [1.165, 1.54) is 37.1 Å². The first-order chi connectivity index (χ1) is 7.70. The van der Waals surface area contributed by atoms with E-state index in [2.05, 4.69) is 17.3 Å². The quantitative estimate of drug-likeness (QED) is 0.868. The van der Waals surface area contributed by atoms with Gasteiger partial charge in [-0.05, 0) is 38.5 Å². The summed E-state index contributed by atoms with van der Waals surface area (Å²) in [5, 5.41) is 3.45. The van der Waals surface area contributed by atoms with Gasteiger partial charge in [-0.3, -0.25) is 0 Å². The summed E-state index contributed by atoms with van der Waals surface area (Å²) in [6.07, 6.45) is 6.76. The first-order valence-corrected chi connectivity index (χ1v) is 7.29. The smallest absolute Gasteiger partial charge is 0.0959 e. The molecule has 0 bridgehead atoms. The molecule has 1 aliphatic carbocycles. The van der Waals surface area contributed by atoms with Gasteiger partial charge < -0.3 is 5.73 Å². The molecule has 0 spiro atoms. The lowest BCUT2D eigenvalue weighted by Crippen LogP contribution is -2.13. The zero-order valence-corrected chi connectivity index (χ0v) is 11.1. The van der Waals surface area contributed by atoms with Crippen molar-refractivity contribution in [2.24, 2.45) is 11.7 Å². The molecular formula is C13H22N2S. The van der Waals surface area contributed by atoms with E-state index in [0.717, 1.165) is 11.6 Å². The summed E-state index contributed by atoms with van der Waals surface area (Å²) in [6.45, 7) is 4.31. The molecule has 1 aliphatic rings. The molecule has 16 heavy (non-hydrogen) atoms. The first kappa shape index (κ1) is 12.1. The number of hydrogen-bond acceptors (Lipinski definition) is 3. The van der Waals surface area contributed by atoms with Gasteiger partial charge in [0.15, 0.2) is 0 Å². The maximum atomic E-state index is 5.84. The molecule has 90 valence electrons. The molecule has 1 fully saturated rings. The highest BCUT2D eigenvalue weighted by Gasteiger charge is 2.23. The summed E-state index contributed by atoms with van der Waals surface area (Å²) in [6, 6.07) is 0.0805. The lowest BCUT2D eigenvalue weighted by atomic mass is 9.81. The van der Waals surface area contributed by atoms with Crippen LogP contribution in [-0.2, 0) is 0 Å². The van der Waals surface area contributed by atoms with Crippen molar-refractivity contribution in [1.29, 1.82) is 0 Å². The zero-order valence-electron chi connectivity index (χ0n) is 10.3. The van der Waals surface area contributed by atoms with Crippen LogP contribution in [0.25, 0.3) is 0 Å². The molecule has 1 unspecified atom stereocenters. The molecule has 0 saturated heterocycles. The van der Waals surface area contributed by atoms with E-state index in [4.69, 9.17) is 5.73 Å². The lowest BCUT2D eigenvalue weighted by Gasteiger charge is -2.26. The molecule has 2 nitrogen and oxygen atoms in total. The molecule has 3 heteroatoms. The normalized spacial score (nSPS) is 27.9. The highest BCUT2D eigenvalue weighted by Crippen LogP contribution is 2.38. The van der Waals surface area contributed by atoms with Crippen LogP contribution in [0.5, 0.6) is 0 Å². The fourth-order valence-electron chi connectivity index (χ4n) is 2.51. The van der Waals surface area contributed by atoms with Gasteiger partial charge in [-0.25, -0.2) is 4.98 Å². The van der Waals surface area contributed by atoms with Crippen LogP contribution >= 0.6 is 11.3 Å². The van der Waals surface area contributed by atoms with Crippen molar-refractivity contribution in [2.75, 3.05) is 0 Å². The summed E-state index contributed by atoms with van der Waals surface area (Å²) in [4.78, 5) is 4.68. The summed E-state index contributed by atoms with van der Waals surface area (Å²) < 4.78 is 0. The summed E-state index contributed by atoms with van der Waals surface area (Å²) in [7, 11) is 0. The van der Waals surface area contributed by atoms with E-state index in [9.17, 15) is 0 Å². The van der Waals surface area contributed by atoms with Gasteiger partial charge in [-0.2, -0.15) is 0 Å². The van der Waals surface area contributed by atoms with Crippen LogP contribution in [0, 0.1) is 5.92 Å². The second kappa shape index (κ2) is 5.28. The fourth-order valence-corrected chi connectivity index (χ4v) is 3.61.